The number of carbonyl (C=O) groups is 1. The topological polar surface area (TPSA) is 98.6 Å². The van der Waals surface area contributed by atoms with Crippen molar-refractivity contribution in [1.82, 2.24) is 20.2 Å². The molecule has 0 saturated carbocycles. The van der Waals surface area contributed by atoms with Crippen LogP contribution in [0.4, 0.5) is 4.39 Å². The summed E-state index contributed by atoms with van der Waals surface area (Å²) in [6, 6.07) is 13.5. The zero-order valence-electron chi connectivity index (χ0n) is 16.3. The second-order valence-electron chi connectivity index (χ2n) is 7.32. The first kappa shape index (κ1) is 19.8. The molecule has 3 aromatic rings. The first-order valence-corrected chi connectivity index (χ1v) is 9.52. The third kappa shape index (κ3) is 3.95. The van der Waals surface area contributed by atoms with E-state index in [1.165, 1.54) is 17.7 Å². The van der Waals surface area contributed by atoms with Gasteiger partial charge in [0.05, 0.1) is 6.04 Å². The van der Waals surface area contributed by atoms with Gasteiger partial charge >= 0.3 is 0 Å². The molecule has 0 bridgehead atoms. The summed E-state index contributed by atoms with van der Waals surface area (Å²) in [6.07, 6.45) is 0.619. The molecular formula is C22H21FN4O3. The lowest BCUT2D eigenvalue weighted by Gasteiger charge is -2.33. The number of aromatic nitrogens is 2. The van der Waals surface area contributed by atoms with Gasteiger partial charge in [0.2, 0.25) is 5.75 Å². The Morgan fingerprint density at radius 1 is 1.13 bits per heavy atom. The largest absolute Gasteiger partial charge is 0.501 e. The van der Waals surface area contributed by atoms with Crippen molar-refractivity contribution in [2.24, 2.45) is 0 Å². The minimum atomic E-state index is -0.672. The van der Waals surface area contributed by atoms with Gasteiger partial charge in [0.15, 0.2) is 11.5 Å². The summed E-state index contributed by atoms with van der Waals surface area (Å²) in [4.78, 5) is 22.9. The number of benzene rings is 2. The molecule has 30 heavy (non-hydrogen) atoms. The molecule has 0 spiro atoms. The lowest BCUT2D eigenvalue weighted by atomic mass is 9.94. The Morgan fingerprint density at radius 2 is 1.83 bits per heavy atom. The average Bonchev–Trinajstić information content (AvgIpc) is 2.74. The molecule has 1 amide bonds. The Hall–Kier alpha value is -3.52. The first-order chi connectivity index (χ1) is 14.4. The molecule has 3 N–H and O–H groups in total. The third-order valence-electron chi connectivity index (χ3n) is 5.25. The number of fused-ring (bicyclic) bond motifs is 1. The van der Waals surface area contributed by atoms with Crippen LogP contribution in [0.1, 0.15) is 39.0 Å². The Morgan fingerprint density at radius 3 is 2.57 bits per heavy atom. The molecule has 2 heterocycles. The number of likely N-dealkylation sites (N-methyl/N-ethyl adjacent to an activating group) is 1. The zero-order chi connectivity index (χ0) is 21.3. The lowest BCUT2D eigenvalue weighted by Crippen LogP contribution is -2.33. The summed E-state index contributed by atoms with van der Waals surface area (Å²) in [5.41, 5.74) is 2.74. The van der Waals surface area contributed by atoms with Crippen molar-refractivity contribution in [2.45, 2.75) is 25.6 Å². The summed E-state index contributed by atoms with van der Waals surface area (Å²) in [7, 11) is 1.92. The van der Waals surface area contributed by atoms with Crippen LogP contribution >= 0.6 is 0 Å². The Balaban J connectivity index is 1.58. The smallest absolute Gasteiger partial charge is 0.274 e. The Labute approximate surface area is 172 Å². The van der Waals surface area contributed by atoms with E-state index in [1.807, 2.05) is 30.1 Å². The van der Waals surface area contributed by atoms with Gasteiger partial charge in [-0.15, -0.1) is 0 Å². The lowest BCUT2D eigenvalue weighted by molar-refractivity contribution is 0.0940. The molecule has 1 aromatic heterocycles. The fraction of sp³-hybridized carbons (Fsp3) is 0.227. The van der Waals surface area contributed by atoms with Crippen molar-refractivity contribution < 1.29 is 19.4 Å². The predicted molar refractivity (Wildman–Crippen MR) is 107 cm³/mol. The van der Waals surface area contributed by atoms with Gasteiger partial charge in [-0.2, -0.15) is 4.98 Å². The quantitative estimate of drug-likeness (QED) is 0.614. The fourth-order valence-electron chi connectivity index (χ4n) is 3.58. The maximum absolute atomic E-state index is 13.0. The normalized spacial score (nSPS) is 16.1. The number of nitrogens with zero attached hydrogens (tertiary/aromatic N) is 3. The van der Waals surface area contributed by atoms with E-state index in [1.54, 1.807) is 12.1 Å². The molecule has 1 aliphatic rings. The number of nitrogens with one attached hydrogen (secondary N) is 1. The van der Waals surface area contributed by atoms with Crippen LogP contribution in [0.25, 0.3) is 0 Å². The average molecular weight is 408 g/mol. The molecule has 0 aliphatic carbocycles. The van der Waals surface area contributed by atoms with Crippen LogP contribution in [0.3, 0.4) is 0 Å². The summed E-state index contributed by atoms with van der Waals surface area (Å²) in [6.45, 7) is 0.799. The molecule has 0 fully saturated rings. The van der Waals surface area contributed by atoms with Gasteiger partial charge < -0.3 is 15.5 Å². The standard InChI is InChI=1S/C22H21FN4O3/c1-27-12-15-5-3-2-4-14(15)10-17(27)20-25-18(19(28)22(30)26-20)21(29)24-11-13-6-8-16(23)9-7-13/h2-9,17,28H,10-12H2,1H3,(H,24,29)(H,25,26,30). The monoisotopic (exact) mass is 408 g/mol. The Kier molecular flexibility index (Phi) is 5.33. The van der Waals surface area contributed by atoms with Crippen molar-refractivity contribution in [1.29, 1.82) is 0 Å². The first-order valence-electron chi connectivity index (χ1n) is 9.52. The van der Waals surface area contributed by atoms with Gasteiger partial charge in [0, 0.05) is 13.1 Å². The van der Waals surface area contributed by atoms with Crippen molar-refractivity contribution in [2.75, 3.05) is 7.05 Å². The third-order valence-corrected chi connectivity index (χ3v) is 5.25. The minimum Gasteiger partial charge on any atom is -0.501 e. The van der Waals surface area contributed by atoms with E-state index in [9.17, 15) is 19.4 Å². The van der Waals surface area contributed by atoms with Gasteiger partial charge in [-0.1, -0.05) is 36.4 Å². The highest BCUT2D eigenvalue weighted by Crippen LogP contribution is 2.33. The molecule has 1 atom stereocenters. The predicted octanol–water partition coefficient (Wildman–Crippen LogP) is 2.69. The summed E-state index contributed by atoms with van der Waals surface area (Å²) in [5.74, 6) is -2.08. The van der Waals surface area contributed by atoms with E-state index in [-0.39, 0.29) is 29.9 Å². The van der Waals surface area contributed by atoms with Gasteiger partial charge in [-0.25, -0.2) is 9.37 Å². The summed E-state index contributed by atoms with van der Waals surface area (Å²) in [5, 5.41) is 22.9. The summed E-state index contributed by atoms with van der Waals surface area (Å²) < 4.78 is 13.0. The summed E-state index contributed by atoms with van der Waals surface area (Å²) >= 11 is 0. The van der Waals surface area contributed by atoms with E-state index in [0.29, 0.717) is 18.5 Å². The number of halogens is 1. The van der Waals surface area contributed by atoms with Gasteiger partial charge in [-0.05, 0) is 42.3 Å². The molecule has 1 aliphatic heterocycles. The van der Waals surface area contributed by atoms with Crippen LogP contribution in [0.5, 0.6) is 11.6 Å². The van der Waals surface area contributed by atoms with E-state index in [4.69, 9.17) is 0 Å². The molecule has 154 valence electrons. The van der Waals surface area contributed by atoms with E-state index in [2.05, 4.69) is 21.4 Å². The highest BCUT2D eigenvalue weighted by Gasteiger charge is 2.29. The maximum atomic E-state index is 13.0. The molecule has 1 unspecified atom stereocenters. The van der Waals surface area contributed by atoms with Crippen molar-refractivity contribution in [3.05, 3.63) is 82.6 Å². The molecular weight excluding hydrogens is 387 g/mol. The molecule has 8 heteroatoms. The van der Waals surface area contributed by atoms with Crippen LogP contribution in [-0.2, 0) is 19.5 Å². The highest BCUT2D eigenvalue weighted by molar-refractivity contribution is 5.95. The SMILES string of the molecule is CN1Cc2ccccc2CC1c1nc(O)c(O)c(C(=O)NCc2ccc(F)cc2)n1. The van der Waals surface area contributed by atoms with Crippen molar-refractivity contribution in [3.8, 4) is 11.6 Å². The molecule has 4 rings (SSSR count). The van der Waals surface area contributed by atoms with Crippen LogP contribution in [0, 0.1) is 5.82 Å². The number of amides is 1. The van der Waals surface area contributed by atoms with Crippen LogP contribution < -0.4 is 5.32 Å². The number of carbonyl (C=O) groups excluding carboxylic acids is 1. The maximum Gasteiger partial charge on any atom is 0.274 e. The fourth-order valence-corrected chi connectivity index (χ4v) is 3.58. The van der Waals surface area contributed by atoms with Crippen LogP contribution in [-0.4, -0.2) is 38.0 Å². The number of rotatable bonds is 4. The number of hydrogen-bond acceptors (Lipinski definition) is 6. The minimum absolute atomic E-state index is 0.120. The molecule has 7 nitrogen and oxygen atoms in total. The van der Waals surface area contributed by atoms with Crippen LogP contribution in [0.2, 0.25) is 0 Å². The van der Waals surface area contributed by atoms with E-state index < -0.39 is 17.5 Å². The Bertz CT molecular complexity index is 1090. The van der Waals surface area contributed by atoms with E-state index in [0.717, 1.165) is 5.56 Å². The van der Waals surface area contributed by atoms with Gasteiger partial charge in [0.1, 0.15) is 5.82 Å². The van der Waals surface area contributed by atoms with E-state index >= 15 is 0 Å². The van der Waals surface area contributed by atoms with Crippen molar-refractivity contribution in [3.63, 3.8) is 0 Å². The van der Waals surface area contributed by atoms with Crippen LogP contribution in [0.15, 0.2) is 48.5 Å². The highest BCUT2D eigenvalue weighted by atomic mass is 19.1. The molecule has 0 radical (unpaired) electrons. The molecule has 2 aromatic carbocycles. The second-order valence-corrected chi connectivity index (χ2v) is 7.32. The van der Waals surface area contributed by atoms with Gasteiger partial charge in [-0.3, -0.25) is 9.69 Å². The molecule has 0 saturated heterocycles. The van der Waals surface area contributed by atoms with Gasteiger partial charge in [0.25, 0.3) is 11.8 Å². The van der Waals surface area contributed by atoms with Crippen molar-refractivity contribution >= 4 is 5.91 Å². The zero-order valence-corrected chi connectivity index (χ0v) is 16.3. The number of aromatic hydroxyl groups is 2. The number of hydrogen-bond donors (Lipinski definition) is 3. The second kappa shape index (κ2) is 8.08.